The number of fused-ring (bicyclic) bond motifs is 1. The van der Waals surface area contributed by atoms with Gasteiger partial charge in [0.2, 0.25) is 5.91 Å². The highest BCUT2D eigenvalue weighted by molar-refractivity contribution is 9.10. The van der Waals surface area contributed by atoms with Crippen molar-refractivity contribution in [1.82, 2.24) is 15.3 Å². The molecule has 0 spiro atoms. The number of rotatable bonds is 5. The Bertz CT molecular complexity index is 795. The molecule has 2 N–H and O–H groups in total. The fraction of sp³-hybridized carbons (Fsp3) is 0.222. The van der Waals surface area contributed by atoms with Crippen LogP contribution in [0, 0.1) is 0 Å². The summed E-state index contributed by atoms with van der Waals surface area (Å²) >= 11 is 3.51. The number of aryl methyl sites for hydroxylation is 1. The van der Waals surface area contributed by atoms with Crippen molar-refractivity contribution in [3.05, 3.63) is 64.4 Å². The average Bonchev–Trinajstić information content (AvgIpc) is 2.98. The Labute approximate surface area is 143 Å². The first-order valence-corrected chi connectivity index (χ1v) is 8.40. The van der Waals surface area contributed by atoms with Gasteiger partial charge in [0, 0.05) is 10.9 Å². The molecular weight excluding hydrogens is 354 g/mol. The van der Waals surface area contributed by atoms with Crippen LogP contribution in [0.5, 0.6) is 0 Å². The van der Waals surface area contributed by atoms with E-state index < -0.39 is 0 Å². The largest absolute Gasteiger partial charge is 0.346 e. The number of H-pyrrole nitrogens is 1. The molecule has 118 valence electrons. The van der Waals surface area contributed by atoms with Crippen molar-refractivity contribution < 1.29 is 4.79 Å². The fourth-order valence-electron chi connectivity index (χ4n) is 2.51. The van der Waals surface area contributed by atoms with Crippen LogP contribution in [0.15, 0.2) is 53.0 Å². The molecule has 0 saturated heterocycles. The van der Waals surface area contributed by atoms with E-state index in [1.165, 1.54) is 0 Å². The third-order valence-corrected chi connectivity index (χ3v) is 4.55. The van der Waals surface area contributed by atoms with Gasteiger partial charge in [0.25, 0.3) is 0 Å². The van der Waals surface area contributed by atoms with Crippen molar-refractivity contribution >= 4 is 32.9 Å². The molecular formula is C18H18BrN3O. The van der Waals surface area contributed by atoms with Crippen LogP contribution in [0.3, 0.4) is 0 Å². The van der Waals surface area contributed by atoms with Gasteiger partial charge in [0.1, 0.15) is 5.82 Å². The number of para-hydroxylation sites is 2. The summed E-state index contributed by atoms with van der Waals surface area (Å²) in [6, 6.07) is 15.7. The van der Waals surface area contributed by atoms with E-state index in [1.807, 2.05) is 55.5 Å². The minimum Gasteiger partial charge on any atom is -0.346 e. The average molecular weight is 372 g/mol. The fourth-order valence-corrected chi connectivity index (χ4v) is 2.99. The number of aromatic amines is 1. The first-order chi connectivity index (χ1) is 11.1. The van der Waals surface area contributed by atoms with Crippen molar-refractivity contribution in [2.45, 2.75) is 25.8 Å². The van der Waals surface area contributed by atoms with Gasteiger partial charge in [-0.2, -0.15) is 0 Å². The van der Waals surface area contributed by atoms with Gasteiger partial charge < -0.3 is 10.3 Å². The number of benzene rings is 2. The van der Waals surface area contributed by atoms with E-state index in [9.17, 15) is 4.79 Å². The molecule has 1 amide bonds. The molecule has 0 saturated carbocycles. The van der Waals surface area contributed by atoms with Gasteiger partial charge in [-0.05, 0) is 37.1 Å². The van der Waals surface area contributed by atoms with E-state index in [0.29, 0.717) is 12.8 Å². The molecule has 3 aromatic rings. The van der Waals surface area contributed by atoms with Gasteiger partial charge in [-0.1, -0.05) is 46.3 Å². The Hall–Kier alpha value is -2.14. The quantitative estimate of drug-likeness (QED) is 0.707. The zero-order chi connectivity index (χ0) is 16.2. The van der Waals surface area contributed by atoms with Crippen molar-refractivity contribution in [3.8, 4) is 0 Å². The van der Waals surface area contributed by atoms with Crippen LogP contribution in [-0.4, -0.2) is 15.9 Å². The van der Waals surface area contributed by atoms with E-state index in [0.717, 1.165) is 26.9 Å². The molecule has 0 bridgehead atoms. The monoisotopic (exact) mass is 371 g/mol. The van der Waals surface area contributed by atoms with Gasteiger partial charge in [-0.3, -0.25) is 4.79 Å². The highest BCUT2D eigenvalue weighted by Crippen LogP contribution is 2.18. The van der Waals surface area contributed by atoms with Crippen LogP contribution in [-0.2, 0) is 11.2 Å². The molecule has 1 atom stereocenters. The van der Waals surface area contributed by atoms with E-state index in [-0.39, 0.29) is 11.9 Å². The number of aromatic nitrogens is 2. The minimum absolute atomic E-state index is 0.0220. The molecule has 1 heterocycles. The zero-order valence-electron chi connectivity index (χ0n) is 12.8. The molecule has 23 heavy (non-hydrogen) atoms. The molecule has 4 nitrogen and oxygen atoms in total. The number of nitrogens with one attached hydrogen (secondary N) is 2. The van der Waals surface area contributed by atoms with E-state index in [1.54, 1.807) is 0 Å². The van der Waals surface area contributed by atoms with Crippen molar-refractivity contribution in [3.63, 3.8) is 0 Å². The molecule has 0 aliphatic heterocycles. The topological polar surface area (TPSA) is 57.8 Å². The van der Waals surface area contributed by atoms with Crippen LogP contribution >= 0.6 is 15.9 Å². The summed E-state index contributed by atoms with van der Waals surface area (Å²) in [6.45, 7) is 1.94. The summed E-state index contributed by atoms with van der Waals surface area (Å²) in [5, 5.41) is 3.00. The molecule has 1 unspecified atom stereocenters. The van der Waals surface area contributed by atoms with Crippen molar-refractivity contribution in [1.29, 1.82) is 0 Å². The Morgan fingerprint density at radius 1 is 1.22 bits per heavy atom. The predicted octanol–water partition coefficient (Wildman–Crippen LogP) is 4.14. The third kappa shape index (κ3) is 3.79. The SMILES string of the molecule is CC(NC(=O)CCc1ccccc1Br)c1nc2ccccc2[nH]1. The van der Waals surface area contributed by atoms with Crippen LogP contribution in [0.1, 0.15) is 30.8 Å². The summed E-state index contributed by atoms with van der Waals surface area (Å²) in [6.07, 6.45) is 1.16. The molecule has 0 aliphatic carbocycles. The lowest BCUT2D eigenvalue weighted by molar-refractivity contribution is -0.121. The maximum Gasteiger partial charge on any atom is 0.220 e. The summed E-state index contributed by atoms with van der Waals surface area (Å²) in [5.41, 5.74) is 3.03. The molecule has 2 aromatic carbocycles. The first kappa shape index (κ1) is 15.7. The first-order valence-electron chi connectivity index (χ1n) is 7.61. The number of hydrogen-bond acceptors (Lipinski definition) is 2. The number of carbonyl (C=O) groups excluding carboxylic acids is 1. The highest BCUT2D eigenvalue weighted by Gasteiger charge is 2.13. The molecule has 1 aromatic heterocycles. The van der Waals surface area contributed by atoms with E-state index in [2.05, 4.69) is 31.2 Å². The smallest absolute Gasteiger partial charge is 0.220 e. The lowest BCUT2D eigenvalue weighted by Crippen LogP contribution is -2.27. The molecule has 0 radical (unpaired) electrons. The Morgan fingerprint density at radius 2 is 1.96 bits per heavy atom. The van der Waals surface area contributed by atoms with Gasteiger partial charge in [-0.15, -0.1) is 0 Å². The van der Waals surface area contributed by atoms with E-state index in [4.69, 9.17) is 0 Å². The predicted molar refractivity (Wildman–Crippen MR) is 95.1 cm³/mol. The maximum atomic E-state index is 12.2. The minimum atomic E-state index is -0.144. The molecule has 5 heteroatoms. The Morgan fingerprint density at radius 3 is 2.74 bits per heavy atom. The molecule has 3 rings (SSSR count). The second-order valence-electron chi connectivity index (χ2n) is 5.52. The highest BCUT2D eigenvalue weighted by atomic mass is 79.9. The summed E-state index contributed by atoms with van der Waals surface area (Å²) in [7, 11) is 0. The van der Waals surface area contributed by atoms with Gasteiger partial charge in [0.15, 0.2) is 0 Å². The summed E-state index contributed by atoms with van der Waals surface area (Å²) in [5.74, 6) is 0.800. The van der Waals surface area contributed by atoms with Crippen molar-refractivity contribution in [2.75, 3.05) is 0 Å². The van der Waals surface area contributed by atoms with Crippen LogP contribution < -0.4 is 5.32 Å². The second-order valence-corrected chi connectivity index (χ2v) is 6.37. The van der Waals surface area contributed by atoms with Gasteiger partial charge >= 0.3 is 0 Å². The van der Waals surface area contributed by atoms with Crippen LogP contribution in [0.2, 0.25) is 0 Å². The third-order valence-electron chi connectivity index (χ3n) is 3.77. The maximum absolute atomic E-state index is 12.2. The summed E-state index contributed by atoms with van der Waals surface area (Å²) < 4.78 is 1.04. The number of imidazole rings is 1. The van der Waals surface area contributed by atoms with Gasteiger partial charge in [-0.25, -0.2) is 4.98 Å². The number of halogens is 1. The zero-order valence-corrected chi connectivity index (χ0v) is 14.4. The lowest BCUT2D eigenvalue weighted by Gasteiger charge is -2.11. The molecule has 0 fully saturated rings. The Kier molecular flexibility index (Phi) is 4.76. The number of nitrogens with zero attached hydrogens (tertiary/aromatic N) is 1. The van der Waals surface area contributed by atoms with E-state index >= 15 is 0 Å². The van der Waals surface area contributed by atoms with Crippen molar-refractivity contribution in [2.24, 2.45) is 0 Å². The number of amides is 1. The second kappa shape index (κ2) is 6.96. The van der Waals surface area contributed by atoms with Crippen LogP contribution in [0.4, 0.5) is 0 Å². The Balaban J connectivity index is 1.60. The van der Waals surface area contributed by atoms with Crippen LogP contribution in [0.25, 0.3) is 11.0 Å². The normalized spacial score (nSPS) is 12.3. The lowest BCUT2D eigenvalue weighted by atomic mass is 10.1. The number of hydrogen-bond donors (Lipinski definition) is 2. The number of carbonyl (C=O) groups is 1. The standard InChI is InChI=1S/C18H18BrN3O/c1-12(18-21-15-8-4-5-9-16(15)22-18)20-17(23)11-10-13-6-2-3-7-14(13)19/h2-9,12H,10-11H2,1H3,(H,20,23)(H,21,22). The summed E-state index contributed by atoms with van der Waals surface area (Å²) in [4.78, 5) is 19.9. The molecule has 0 aliphatic rings. The van der Waals surface area contributed by atoms with Gasteiger partial charge in [0.05, 0.1) is 17.1 Å².